The van der Waals surface area contributed by atoms with E-state index in [0.717, 1.165) is 28.7 Å². The molecule has 4 heteroatoms. The minimum atomic E-state index is -0.243. The van der Waals surface area contributed by atoms with Crippen LogP contribution in [0.4, 0.5) is 0 Å². The molecule has 2 aromatic heterocycles. The molecule has 0 saturated heterocycles. The predicted molar refractivity (Wildman–Crippen MR) is 139 cm³/mol. The van der Waals surface area contributed by atoms with E-state index in [1.54, 1.807) is 0 Å². The lowest BCUT2D eigenvalue weighted by Crippen LogP contribution is -2.62. The Hall–Kier alpha value is -4.18. The molecule has 9 rings (SSSR count). The van der Waals surface area contributed by atoms with Crippen LogP contribution in [0.3, 0.4) is 0 Å². The molecule has 2 aromatic carbocycles. The number of rotatable bonds is 0. The van der Waals surface area contributed by atoms with Crippen molar-refractivity contribution in [1.82, 2.24) is 0 Å². The number of aromatic nitrogens is 2. The summed E-state index contributed by atoms with van der Waals surface area (Å²) in [6.45, 7) is 4.86. The number of benzene rings is 2. The summed E-state index contributed by atoms with van der Waals surface area (Å²) in [5.41, 5.74) is 4.61. The van der Waals surface area contributed by atoms with Crippen LogP contribution in [0.5, 0.6) is 23.0 Å². The average molecular weight is 483 g/mol. The second kappa shape index (κ2) is 6.20. The second-order valence-corrected chi connectivity index (χ2v) is 11.3. The summed E-state index contributed by atoms with van der Waals surface area (Å²) >= 11 is 0. The quantitative estimate of drug-likeness (QED) is 0.255. The minimum absolute atomic E-state index is 0.0747. The number of fused-ring (bicyclic) bond motifs is 16. The van der Waals surface area contributed by atoms with Crippen LogP contribution in [0, 0.1) is 11.8 Å². The third kappa shape index (κ3) is 2.00. The molecule has 5 unspecified atom stereocenters. The van der Waals surface area contributed by atoms with Crippen molar-refractivity contribution in [3.05, 3.63) is 121 Å². The van der Waals surface area contributed by atoms with Gasteiger partial charge >= 0.3 is 0 Å². The van der Waals surface area contributed by atoms with Crippen molar-refractivity contribution in [3.63, 3.8) is 0 Å². The molecule has 0 radical (unpaired) electrons. The van der Waals surface area contributed by atoms with Crippen LogP contribution in [-0.2, 0) is 16.5 Å². The third-order valence-electron chi connectivity index (χ3n) is 9.89. The van der Waals surface area contributed by atoms with Crippen molar-refractivity contribution in [2.45, 2.75) is 30.3 Å². The summed E-state index contributed by atoms with van der Waals surface area (Å²) in [6.07, 6.45) is 13.8. The van der Waals surface area contributed by atoms with Gasteiger partial charge in [-0.15, -0.1) is 0 Å². The van der Waals surface area contributed by atoms with Crippen LogP contribution < -0.4 is 18.6 Å². The summed E-state index contributed by atoms with van der Waals surface area (Å²) in [5, 5.41) is 0. The normalized spacial score (nSPS) is 32.1. The lowest BCUT2D eigenvalue weighted by Gasteiger charge is -2.36. The van der Waals surface area contributed by atoms with E-state index in [-0.39, 0.29) is 16.5 Å². The van der Waals surface area contributed by atoms with Gasteiger partial charge in [0, 0.05) is 36.6 Å². The molecule has 5 atom stereocenters. The highest BCUT2D eigenvalue weighted by molar-refractivity contribution is 5.77. The zero-order valence-electron chi connectivity index (χ0n) is 20.8. The first kappa shape index (κ1) is 19.9. The number of hydrogen-bond acceptors (Lipinski definition) is 2. The molecule has 4 nitrogen and oxygen atoms in total. The first-order valence-electron chi connectivity index (χ1n) is 13.1. The Balaban J connectivity index is 1.36. The van der Waals surface area contributed by atoms with E-state index >= 15 is 0 Å². The summed E-state index contributed by atoms with van der Waals surface area (Å²) < 4.78 is 18.0. The van der Waals surface area contributed by atoms with E-state index < -0.39 is 0 Å². The number of para-hydroxylation sites is 2. The summed E-state index contributed by atoms with van der Waals surface area (Å²) in [7, 11) is 0. The van der Waals surface area contributed by atoms with Gasteiger partial charge in [-0.2, -0.15) is 9.13 Å². The molecule has 2 aliphatic carbocycles. The molecule has 1 spiro atoms. The van der Waals surface area contributed by atoms with E-state index in [9.17, 15) is 0 Å². The molecule has 5 heterocycles. The molecule has 0 bridgehead atoms. The topological polar surface area (TPSA) is 26.2 Å². The van der Waals surface area contributed by atoms with Crippen LogP contribution in [0.1, 0.15) is 25.1 Å². The molecule has 1 saturated carbocycles. The van der Waals surface area contributed by atoms with Crippen LogP contribution >= 0.6 is 0 Å². The maximum Gasteiger partial charge on any atom is 0.268 e. The molecule has 4 aromatic rings. The van der Waals surface area contributed by atoms with Gasteiger partial charge in [0.1, 0.15) is 5.92 Å². The van der Waals surface area contributed by atoms with E-state index in [2.05, 4.69) is 108 Å². The minimum Gasteiger partial charge on any atom is -0.449 e. The van der Waals surface area contributed by atoms with Gasteiger partial charge < -0.3 is 9.47 Å². The highest BCUT2D eigenvalue weighted by atomic mass is 16.6. The smallest absolute Gasteiger partial charge is 0.268 e. The Morgan fingerprint density at radius 2 is 1.51 bits per heavy atom. The Kier molecular flexibility index (Phi) is 3.34. The van der Waals surface area contributed by atoms with E-state index in [1.165, 1.54) is 16.8 Å². The van der Waals surface area contributed by atoms with Crippen LogP contribution in [0.25, 0.3) is 11.3 Å². The van der Waals surface area contributed by atoms with Gasteiger partial charge in [0.2, 0.25) is 11.3 Å². The van der Waals surface area contributed by atoms with Gasteiger partial charge in [0.05, 0.1) is 11.0 Å². The van der Waals surface area contributed by atoms with E-state index in [0.29, 0.717) is 11.8 Å². The van der Waals surface area contributed by atoms with Crippen molar-refractivity contribution < 1.29 is 18.6 Å². The molecule has 0 amide bonds. The zero-order valence-corrected chi connectivity index (χ0v) is 20.8. The first-order chi connectivity index (χ1) is 18.1. The summed E-state index contributed by atoms with van der Waals surface area (Å²) in [4.78, 5) is 0. The number of allylic oxidation sites excluding steroid dienone is 4. The SMILES string of the molecule is CC12C=CC=CC1C1C(C)([n+]3ccccc32)C12c1ccccc1-c1c3c(cc[n+]12)Oc1ccccc1O3. The number of pyridine rings is 2. The molecular weight excluding hydrogens is 456 g/mol. The summed E-state index contributed by atoms with van der Waals surface area (Å²) in [5.74, 6) is 3.82. The lowest BCUT2D eigenvalue weighted by atomic mass is 9.66. The summed E-state index contributed by atoms with van der Waals surface area (Å²) in [6, 6.07) is 25.6. The standard InChI is InChI=1S/C33H26N2O2/c1-31-18-9-7-13-23(31)30-32(2,34-19-10-8-16-27(31)34)33(30)22-12-4-3-11-21(22)28-29-26(17-20-35(28)33)36-24-14-5-6-15-25(24)37-29/h3-20,23,30H,1-2H3/q+2. The highest BCUT2D eigenvalue weighted by Crippen LogP contribution is 2.74. The fraction of sp³-hybridized carbons (Fsp3) is 0.212. The van der Waals surface area contributed by atoms with Gasteiger partial charge in [-0.25, -0.2) is 0 Å². The maximum atomic E-state index is 6.60. The van der Waals surface area contributed by atoms with Gasteiger partial charge in [-0.1, -0.05) is 60.7 Å². The van der Waals surface area contributed by atoms with Gasteiger partial charge in [-0.3, -0.25) is 0 Å². The van der Waals surface area contributed by atoms with Gasteiger partial charge in [-0.05, 0) is 25.1 Å². The molecule has 5 aliphatic rings. The van der Waals surface area contributed by atoms with Crippen molar-refractivity contribution in [3.8, 4) is 34.3 Å². The zero-order chi connectivity index (χ0) is 24.6. The van der Waals surface area contributed by atoms with Crippen molar-refractivity contribution in [2.75, 3.05) is 0 Å². The number of nitrogens with zero attached hydrogens (tertiary/aromatic N) is 2. The van der Waals surface area contributed by atoms with Crippen molar-refractivity contribution in [2.24, 2.45) is 11.8 Å². The van der Waals surface area contributed by atoms with Crippen molar-refractivity contribution in [1.29, 1.82) is 0 Å². The Labute approximate surface area is 215 Å². The van der Waals surface area contributed by atoms with E-state index in [1.807, 2.05) is 24.3 Å². The van der Waals surface area contributed by atoms with Crippen LogP contribution in [0.2, 0.25) is 0 Å². The molecule has 178 valence electrons. The molecular formula is C33H26N2O2+2. The molecule has 1 fully saturated rings. The van der Waals surface area contributed by atoms with Crippen molar-refractivity contribution >= 4 is 0 Å². The fourth-order valence-electron chi connectivity index (χ4n) is 8.39. The Morgan fingerprint density at radius 3 is 2.41 bits per heavy atom. The largest absolute Gasteiger partial charge is 0.449 e. The van der Waals surface area contributed by atoms with Gasteiger partial charge in [0.25, 0.3) is 11.2 Å². The molecule has 37 heavy (non-hydrogen) atoms. The van der Waals surface area contributed by atoms with Crippen LogP contribution in [-0.4, -0.2) is 0 Å². The second-order valence-electron chi connectivity index (χ2n) is 11.3. The van der Waals surface area contributed by atoms with Crippen LogP contribution in [0.15, 0.2) is 109 Å². The average Bonchev–Trinajstić information content (AvgIpc) is 3.38. The lowest BCUT2D eigenvalue weighted by molar-refractivity contribution is -0.807. The first-order valence-corrected chi connectivity index (χ1v) is 13.1. The molecule has 3 aliphatic heterocycles. The highest BCUT2D eigenvalue weighted by Gasteiger charge is 2.96. The Bertz CT molecular complexity index is 1760. The monoisotopic (exact) mass is 482 g/mol. The predicted octanol–water partition coefficient (Wildman–Crippen LogP) is 5.94. The fourth-order valence-corrected chi connectivity index (χ4v) is 8.39. The van der Waals surface area contributed by atoms with Gasteiger partial charge in [0.15, 0.2) is 35.3 Å². The maximum absolute atomic E-state index is 6.60. The Morgan fingerprint density at radius 1 is 0.730 bits per heavy atom. The third-order valence-corrected chi connectivity index (χ3v) is 9.89. The number of ether oxygens (including phenoxy) is 2. The number of hydrogen-bond donors (Lipinski definition) is 0. The molecule has 0 N–H and O–H groups in total. The van der Waals surface area contributed by atoms with E-state index in [4.69, 9.17) is 9.47 Å².